The normalized spacial score (nSPS) is 18.6. The van der Waals surface area contributed by atoms with Gasteiger partial charge in [0.05, 0.1) is 19.3 Å². The summed E-state index contributed by atoms with van der Waals surface area (Å²) in [6, 6.07) is 10.1. The maximum atomic E-state index is 5.43. The molecule has 0 spiro atoms. The number of piperidine rings is 1. The van der Waals surface area contributed by atoms with Crippen molar-refractivity contribution in [1.82, 2.24) is 19.5 Å². The van der Waals surface area contributed by atoms with Gasteiger partial charge in [0.25, 0.3) is 0 Å². The Hall–Kier alpha value is -2.50. The highest BCUT2D eigenvalue weighted by molar-refractivity contribution is 5.93. The molecule has 2 aliphatic rings. The van der Waals surface area contributed by atoms with Crippen LogP contribution in [0.15, 0.2) is 30.5 Å². The van der Waals surface area contributed by atoms with E-state index in [-0.39, 0.29) is 0 Å². The van der Waals surface area contributed by atoms with Gasteiger partial charge in [-0.1, -0.05) is 45.4 Å². The molecule has 4 heterocycles. The van der Waals surface area contributed by atoms with Crippen molar-refractivity contribution < 1.29 is 4.74 Å². The maximum absolute atomic E-state index is 5.43. The molecule has 0 radical (unpaired) electrons. The molecule has 0 saturated carbocycles. The molecule has 3 aromatic rings. The van der Waals surface area contributed by atoms with Crippen molar-refractivity contribution in [2.24, 2.45) is 5.92 Å². The van der Waals surface area contributed by atoms with Crippen LogP contribution in [0, 0.1) is 26.7 Å². The number of aromatic nitrogens is 3. The van der Waals surface area contributed by atoms with Crippen molar-refractivity contribution in [1.29, 1.82) is 0 Å². The molecule has 1 aromatic carbocycles. The van der Waals surface area contributed by atoms with Gasteiger partial charge in [0.1, 0.15) is 5.82 Å². The summed E-state index contributed by atoms with van der Waals surface area (Å²) in [6.45, 7) is 17.7. The number of aryl methyl sites for hydroxylation is 3. The number of rotatable bonds is 7. The summed E-state index contributed by atoms with van der Waals surface area (Å²) >= 11 is 0. The van der Waals surface area contributed by atoms with Crippen LogP contribution in [0.5, 0.6) is 0 Å². The number of benzene rings is 1. The molecule has 2 aliphatic heterocycles. The fourth-order valence-electron chi connectivity index (χ4n) is 6.15. The van der Waals surface area contributed by atoms with Gasteiger partial charge in [-0.3, -0.25) is 4.90 Å². The molecule has 2 aromatic heterocycles. The zero-order valence-corrected chi connectivity index (χ0v) is 23.0. The first-order chi connectivity index (χ1) is 17.4. The van der Waals surface area contributed by atoms with Crippen LogP contribution in [0.3, 0.4) is 0 Å². The molecule has 5 heteroatoms. The SMILES string of the molecule is CCC/C(=C(\c1cc(C2CCN(C3COC3)CC2)ccc1C)C(C)C)c1cn2nc(C)nc2cc1C. The molecule has 0 amide bonds. The van der Waals surface area contributed by atoms with E-state index in [0.717, 1.165) is 37.5 Å². The lowest BCUT2D eigenvalue weighted by Crippen LogP contribution is -2.51. The molecule has 5 nitrogen and oxygen atoms in total. The van der Waals surface area contributed by atoms with Gasteiger partial charge in [-0.2, -0.15) is 5.10 Å². The summed E-state index contributed by atoms with van der Waals surface area (Å²) in [6.07, 6.45) is 6.85. The van der Waals surface area contributed by atoms with Crippen LogP contribution in [0.1, 0.15) is 86.0 Å². The molecule has 192 valence electrons. The Bertz CT molecular complexity index is 1260. The van der Waals surface area contributed by atoms with E-state index in [2.05, 4.69) is 80.1 Å². The van der Waals surface area contributed by atoms with Crippen LogP contribution < -0.4 is 0 Å². The molecule has 0 aliphatic carbocycles. The van der Waals surface area contributed by atoms with E-state index in [9.17, 15) is 0 Å². The lowest BCUT2D eigenvalue weighted by atomic mass is 9.80. The second kappa shape index (κ2) is 10.5. The van der Waals surface area contributed by atoms with Crippen molar-refractivity contribution in [3.8, 4) is 0 Å². The fraction of sp³-hybridized carbons (Fsp3) is 0.548. The number of pyridine rings is 1. The highest BCUT2D eigenvalue weighted by Gasteiger charge is 2.30. The minimum atomic E-state index is 0.425. The van der Waals surface area contributed by atoms with Gasteiger partial charge in [-0.05, 0) is 110 Å². The number of hydrogen-bond donors (Lipinski definition) is 0. The Kier molecular flexibility index (Phi) is 7.32. The predicted octanol–water partition coefficient (Wildman–Crippen LogP) is 6.60. The Morgan fingerprint density at radius 2 is 1.78 bits per heavy atom. The van der Waals surface area contributed by atoms with Gasteiger partial charge in [0.15, 0.2) is 5.65 Å². The first-order valence-corrected chi connectivity index (χ1v) is 13.9. The Morgan fingerprint density at radius 1 is 1.03 bits per heavy atom. The Labute approximate surface area is 216 Å². The largest absolute Gasteiger partial charge is 0.378 e. The third kappa shape index (κ3) is 4.88. The number of fused-ring (bicyclic) bond motifs is 1. The molecule has 2 fully saturated rings. The topological polar surface area (TPSA) is 42.7 Å². The number of hydrogen-bond acceptors (Lipinski definition) is 4. The molecular formula is C31H42N4O. The summed E-state index contributed by atoms with van der Waals surface area (Å²) in [5.74, 6) is 1.88. The van der Waals surface area contributed by atoms with E-state index >= 15 is 0 Å². The van der Waals surface area contributed by atoms with Gasteiger partial charge in [-0.25, -0.2) is 9.50 Å². The molecule has 2 saturated heterocycles. The summed E-state index contributed by atoms with van der Waals surface area (Å²) < 4.78 is 7.39. The fourth-order valence-corrected chi connectivity index (χ4v) is 6.15. The van der Waals surface area contributed by atoms with Gasteiger partial charge >= 0.3 is 0 Å². The zero-order chi connectivity index (χ0) is 25.4. The van der Waals surface area contributed by atoms with Crippen LogP contribution in [0.25, 0.3) is 16.8 Å². The van der Waals surface area contributed by atoms with Gasteiger partial charge in [-0.15, -0.1) is 0 Å². The van der Waals surface area contributed by atoms with E-state index in [0.29, 0.717) is 17.9 Å². The van der Waals surface area contributed by atoms with Crippen LogP contribution in [-0.2, 0) is 4.74 Å². The molecule has 0 N–H and O–H groups in total. The Morgan fingerprint density at radius 3 is 2.42 bits per heavy atom. The molecule has 5 rings (SSSR count). The standard InChI is InChI=1S/C31H42N4O/c1-7-8-27(29-17-35-30(15-22(29)5)32-23(6)33-35)31(20(2)3)28-16-25(10-9-21(28)4)24-11-13-34(14-12-24)26-18-36-19-26/h9-10,15-17,20,24,26H,7-8,11-14,18-19H2,1-6H3/b31-27+. The maximum Gasteiger partial charge on any atom is 0.155 e. The first-order valence-electron chi connectivity index (χ1n) is 13.9. The molecule has 0 unspecified atom stereocenters. The minimum Gasteiger partial charge on any atom is -0.378 e. The number of nitrogens with zero attached hydrogens (tertiary/aromatic N) is 4. The summed E-state index contributed by atoms with van der Waals surface area (Å²) in [4.78, 5) is 7.22. The molecule has 0 atom stereocenters. The van der Waals surface area contributed by atoms with Gasteiger partial charge < -0.3 is 4.74 Å². The van der Waals surface area contributed by atoms with E-state index < -0.39 is 0 Å². The van der Waals surface area contributed by atoms with Crippen molar-refractivity contribution in [2.75, 3.05) is 26.3 Å². The average Bonchev–Trinajstić information content (AvgIpc) is 3.17. The zero-order valence-electron chi connectivity index (χ0n) is 23.0. The van der Waals surface area contributed by atoms with E-state index in [4.69, 9.17) is 4.74 Å². The molecular weight excluding hydrogens is 444 g/mol. The summed E-state index contributed by atoms with van der Waals surface area (Å²) in [5, 5.41) is 4.63. The monoisotopic (exact) mass is 486 g/mol. The lowest BCUT2D eigenvalue weighted by Gasteiger charge is -2.41. The third-order valence-electron chi connectivity index (χ3n) is 8.20. The minimum absolute atomic E-state index is 0.425. The van der Waals surface area contributed by atoms with E-state index in [1.807, 2.05) is 11.4 Å². The number of ether oxygens (including phenoxy) is 1. The van der Waals surface area contributed by atoms with Crippen molar-refractivity contribution in [3.63, 3.8) is 0 Å². The molecule has 36 heavy (non-hydrogen) atoms. The first kappa shape index (κ1) is 25.2. The smallest absolute Gasteiger partial charge is 0.155 e. The predicted molar refractivity (Wildman–Crippen MR) is 148 cm³/mol. The van der Waals surface area contributed by atoms with Crippen LogP contribution in [0.4, 0.5) is 0 Å². The number of allylic oxidation sites excluding steroid dienone is 2. The van der Waals surface area contributed by atoms with Crippen LogP contribution >= 0.6 is 0 Å². The number of likely N-dealkylation sites (tertiary alicyclic amines) is 1. The summed E-state index contributed by atoms with van der Waals surface area (Å²) in [5.41, 5.74) is 10.8. The quantitative estimate of drug-likeness (QED) is 0.377. The van der Waals surface area contributed by atoms with Crippen LogP contribution in [0.2, 0.25) is 0 Å². The third-order valence-corrected chi connectivity index (χ3v) is 8.20. The van der Waals surface area contributed by atoms with Crippen LogP contribution in [-0.4, -0.2) is 51.8 Å². The van der Waals surface area contributed by atoms with Crippen molar-refractivity contribution >= 4 is 16.8 Å². The highest BCUT2D eigenvalue weighted by atomic mass is 16.5. The summed E-state index contributed by atoms with van der Waals surface area (Å²) in [7, 11) is 0. The second-order valence-electron chi connectivity index (χ2n) is 11.2. The van der Waals surface area contributed by atoms with E-state index in [1.54, 1.807) is 0 Å². The molecule has 0 bridgehead atoms. The van der Waals surface area contributed by atoms with Gasteiger partial charge in [0, 0.05) is 6.20 Å². The highest BCUT2D eigenvalue weighted by Crippen LogP contribution is 2.40. The van der Waals surface area contributed by atoms with Gasteiger partial charge in [0.2, 0.25) is 0 Å². The van der Waals surface area contributed by atoms with Crippen molar-refractivity contribution in [2.45, 2.75) is 79.2 Å². The second-order valence-corrected chi connectivity index (χ2v) is 11.2. The Balaban J connectivity index is 1.55. The average molecular weight is 487 g/mol. The van der Waals surface area contributed by atoms with E-state index in [1.165, 1.54) is 64.9 Å². The van der Waals surface area contributed by atoms with Crippen molar-refractivity contribution in [3.05, 3.63) is 64.1 Å². The lowest BCUT2D eigenvalue weighted by molar-refractivity contribution is -0.0712.